The molecule has 1 atom stereocenters. The maximum atomic E-state index is 7.56. The van der Waals surface area contributed by atoms with Crippen molar-refractivity contribution in [3.63, 3.8) is 0 Å². The Bertz CT molecular complexity index is 387. The van der Waals surface area contributed by atoms with Crippen molar-refractivity contribution in [2.45, 2.75) is 12.5 Å². The van der Waals surface area contributed by atoms with Crippen LogP contribution >= 0.6 is 11.8 Å². The molecule has 1 aromatic heterocycles. The van der Waals surface area contributed by atoms with Crippen LogP contribution in [0, 0.1) is 5.41 Å². The van der Waals surface area contributed by atoms with E-state index in [0.717, 1.165) is 17.0 Å². The lowest BCUT2D eigenvalue weighted by Gasteiger charge is -2.27. The number of nitrogens with one attached hydrogen (secondary N) is 1. The van der Waals surface area contributed by atoms with Crippen LogP contribution in [0.5, 0.6) is 0 Å². The van der Waals surface area contributed by atoms with Crippen LogP contribution in [0.1, 0.15) is 12.0 Å². The number of hydrogen-bond acceptors (Lipinski definition) is 4. The van der Waals surface area contributed by atoms with Gasteiger partial charge in [-0.1, -0.05) is 0 Å². The normalized spacial score (nSPS) is 19.7. The zero-order valence-corrected chi connectivity index (χ0v) is 10.1. The summed E-state index contributed by atoms with van der Waals surface area (Å²) < 4.78 is 0. The smallest absolute Gasteiger partial charge is 0.125 e. The second kappa shape index (κ2) is 4.74. The first-order valence-electron chi connectivity index (χ1n) is 5.29. The number of amidine groups is 1. The molecule has 4 nitrogen and oxygen atoms in total. The van der Waals surface area contributed by atoms with Crippen molar-refractivity contribution >= 4 is 23.3 Å². The SMILES string of the molecule is CN(c1cnccc1C(=N)N)C1CCSC1. The van der Waals surface area contributed by atoms with Gasteiger partial charge in [-0.05, 0) is 18.2 Å². The summed E-state index contributed by atoms with van der Waals surface area (Å²) in [7, 11) is 2.06. The van der Waals surface area contributed by atoms with Gasteiger partial charge < -0.3 is 10.6 Å². The summed E-state index contributed by atoms with van der Waals surface area (Å²) >= 11 is 1.97. The van der Waals surface area contributed by atoms with E-state index in [1.807, 2.05) is 11.8 Å². The Labute approximate surface area is 99.7 Å². The third kappa shape index (κ3) is 2.14. The van der Waals surface area contributed by atoms with Crippen LogP contribution < -0.4 is 10.6 Å². The first-order chi connectivity index (χ1) is 7.70. The van der Waals surface area contributed by atoms with Crippen molar-refractivity contribution in [3.8, 4) is 0 Å². The fourth-order valence-corrected chi connectivity index (χ4v) is 3.19. The second-order valence-corrected chi connectivity index (χ2v) is 5.08. The van der Waals surface area contributed by atoms with Gasteiger partial charge >= 0.3 is 0 Å². The second-order valence-electron chi connectivity index (χ2n) is 3.93. The van der Waals surface area contributed by atoms with Crippen molar-refractivity contribution in [3.05, 3.63) is 24.0 Å². The average Bonchev–Trinajstić information content (AvgIpc) is 2.81. The molecule has 2 rings (SSSR count). The van der Waals surface area contributed by atoms with E-state index in [2.05, 4.69) is 16.9 Å². The molecule has 0 radical (unpaired) electrons. The van der Waals surface area contributed by atoms with E-state index >= 15 is 0 Å². The van der Waals surface area contributed by atoms with E-state index in [0.29, 0.717) is 6.04 Å². The molecule has 0 aromatic carbocycles. The van der Waals surface area contributed by atoms with E-state index in [9.17, 15) is 0 Å². The van der Waals surface area contributed by atoms with Gasteiger partial charge in [-0.3, -0.25) is 10.4 Å². The topological polar surface area (TPSA) is 66.0 Å². The summed E-state index contributed by atoms with van der Waals surface area (Å²) in [6.07, 6.45) is 4.66. The third-order valence-corrected chi connectivity index (χ3v) is 4.07. The van der Waals surface area contributed by atoms with E-state index in [1.54, 1.807) is 18.5 Å². The van der Waals surface area contributed by atoms with Crippen LogP contribution in [0.15, 0.2) is 18.5 Å². The molecule has 1 unspecified atom stereocenters. The molecule has 0 saturated carbocycles. The number of thioether (sulfide) groups is 1. The quantitative estimate of drug-likeness (QED) is 0.613. The average molecular weight is 236 g/mol. The van der Waals surface area contributed by atoms with Crippen LogP contribution in [0.3, 0.4) is 0 Å². The van der Waals surface area contributed by atoms with Crippen molar-refractivity contribution in [2.24, 2.45) is 5.73 Å². The molecule has 0 aliphatic carbocycles. The first kappa shape index (κ1) is 11.3. The van der Waals surface area contributed by atoms with Gasteiger partial charge in [0.2, 0.25) is 0 Å². The summed E-state index contributed by atoms with van der Waals surface area (Å²) in [6.45, 7) is 0. The van der Waals surface area contributed by atoms with E-state index in [-0.39, 0.29) is 5.84 Å². The zero-order valence-electron chi connectivity index (χ0n) is 9.31. The summed E-state index contributed by atoms with van der Waals surface area (Å²) in [5.74, 6) is 2.46. The minimum Gasteiger partial charge on any atom is -0.384 e. The van der Waals surface area contributed by atoms with E-state index < -0.39 is 0 Å². The highest BCUT2D eigenvalue weighted by Gasteiger charge is 2.22. The van der Waals surface area contributed by atoms with Crippen LogP contribution in [-0.4, -0.2) is 35.4 Å². The minimum atomic E-state index is 0.106. The molecule has 1 aliphatic rings. The molecule has 1 saturated heterocycles. The lowest BCUT2D eigenvalue weighted by Crippen LogP contribution is -2.33. The summed E-state index contributed by atoms with van der Waals surface area (Å²) in [6, 6.07) is 2.34. The third-order valence-electron chi connectivity index (χ3n) is 2.92. The number of rotatable bonds is 3. The van der Waals surface area contributed by atoms with Gasteiger partial charge in [0.15, 0.2) is 0 Å². The monoisotopic (exact) mass is 236 g/mol. The molecule has 16 heavy (non-hydrogen) atoms. The molecule has 0 bridgehead atoms. The Morgan fingerprint density at radius 1 is 1.69 bits per heavy atom. The molecule has 0 amide bonds. The molecular formula is C11H16N4S. The Hall–Kier alpha value is -1.23. The number of anilines is 1. The van der Waals surface area contributed by atoms with Crippen LogP contribution in [0.25, 0.3) is 0 Å². The summed E-state index contributed by atoms with van der Waals surface area (Å²) in [4.78, 5) is 6.32. The highest BCUT2D eigenvalue weighted by molar-refractivity contribution is 7.99. The zero-order chi connectivity index (χ0) is 11.5. The lowest BCUT2D eigenvalue weighted by molar-refractivity contribution is 0.698. The molecule has 0 spiro atoms. The predicted octanol–water partition coefficient (Wildman–Crippen LogP) is 1.31. The summed E-state index contributed by atoms with van der Waals surface area (Å²) in [5.41, 5.74) is 7.31. The fraction of sp³-hybridized carbons (Fsp3) is 0.455. The number of nitrogens with zero attached hydrogens (tertiary/aromatic N) is 2. The number of hydrogen-bond donors (Lipinski definition) is 2. The number of nitrogens with two attached hydrogens (primary N) is 1. The van der Waals surface area contributed by atoms with Gasteiger partial charge in [-0.15, -0.1) is 0 Å². The molecule has 5 heteroatoms. The van der Waals surface area contributed by atoms with Crippen molar-refractivity contribution < 1.29 is 0 Å². The lowest BCUT2D eigenvalue weighted by atomic mass is 10.1. The number of nitrogen functional groups attached to an aromatic ring is 1. The van der Waals surface area contributed by atoms with Gasteiger partial charge in [0.1, 0.15) is 5.84 Å². The molecule has 1 aromatic rings. The van der Waals surface area contributed by atoms with Gasteiger partial charge in [-0.2, -0.15) is 11.8 Å². The standard InChI is InChI=1S/C11H16N4S/c1-15(8-3-5-16-7-8)10-6-14-4-2-9(10)11(12)13/h2,4,6,8H,3,5,7H2,1H3,(H3,12,13). The van der Waals surface area contributed by atoms with E-state index in [1.165, 1.54) is 12.2 Å². The number of aromatic nitrogens is 1. The highest BCUT2D eigenvalue weighted by atomic mass is 32.2. The Morgan fingerprint density at radius 3 is 3.12 bits per heavy atom. The molecule has 1 aliphatic heterocycles. The first-order valence-corrected chi connectivity index (χ1v) is 6.44. The van der Waals surface area contributed by atoms with E-state index in [4.69, 9.17) is 11.1 Å². The van der Waals surface area contributed by atoms with Gasteiger partial charge in [0.25, 0.3) is 0 Å². The maximum Gasteiger partial charge on any atom is 0.125 e. The van der Waals surface area contributed by atoms with Gasteiger partial charge in [0, 0.05) is 30.6 Å². The largest absolute Gasteiger partial charge is 0.384 e. The fourth-order valence-electron chi connectivity index (χ4n) is 1.92. The van der Waals surface area contributed by atoms with Crippen molar-refractivity contribution in [1.82, 2.24) is 4.98 Å². The van der Waals surface area contributed by atoms with Crippen LogP contribution in [-0.2, 0) is 0 Å². The van der Waals surface area contributed by atoms with Crippen LogP contribution in [0.4, 0.5) is 5.69 Å². The molecule has 3 N–H and O–H groups in total. The molecular weight excluding hydrogens is 220 g/mol. The van der Waals surface area contributed by atoms with Gasteiger partial charge in [-0.25, -0.2) is 0 Å². The Morgan fingerprint density at radius 2 is 2.50 bits per heavy atom. The molecule has 2 heterocycles. The highest BCUT2D eigenvalue weighted by Crippen LogP contribution is 2.27. The van der Waals surface area contributed by atoms with Crippen molar-refractivity contribution in [1.29, 1.82) is 5.41 Å². The number of pyridine rings is 1. The maximum absolute atomic E-state index is 7.56. The summed E-state index contributed by atoms with van der Waals surface area (Å²) in [5, 5.41) is 7.56. The molecule has 86 valence electrons. The Balaban J connectivity index is 2.27. The molecule has 1 fully saturated rings. The Kier molecular flexibility index (Phi) is 3.33. The van der Waals surface area contributed by atoms with Crippen molar-refractivity contribution in [2.75, 3.05) is 23.5 Å². The van der Waals surface area contributed by atoms with Gasteiger partial charge in [0.05, 0.1) is 11.9 Å². The predicted molar refractivity (Wildman–Crippen MR) is 69.4 cm³/mol. The minimum absolute atomic E-state index is 0.106. The van der Waals surface area contributed by atoms with Crippen LogP contribution in [0.2, 0.25) is 0 Å².